The molecule has 3 aromatic rings. The minimum absolute atomic E-state index is 0.0920. The zero-order chi connectivity index (χ0) is 17.8. The number of nitrogens with zero attached hydrogens (tertiary/aromatic N) is 1. The third-order valence-electron chi connectivity index (χ3n) is 3.47. The summed E-state index contributed by atoms with van der Waals surface area (Å²) in [6, 6.07) is 13.9. The van der Waals surface area contributed by atoms with Gasteiger partial charge in [0.25, 0.3) is 11.5 Å². The maximum Gasteiger partial charge on any atom is 0.281 e. The summed E-state index contributed by atoms with van der Waals surface area (Å²) in [5, 5.41) is 0.419. The Morgan fingerprint density at radius 1 is 1.16 bits per heavy atom. The van der Waals surface area contributed by atoms with E-state index in [1.54, 1.807) is 48.5 Å². The van der Waals surface area contributed by atoms with E-state index in [4.69, 9.17) is 21.7 Å². The van der Waals surface area contributed by atoms with Crippen LogP contribution in [0.25, 0.3) is 10.9 Å². The number of ether oxygens (including phenoxy) is 2. The summed E-state index contributed by atoms with van der Waals surface area (Å²) in [5.41, 5.74) is 2.64. The van der Waals surface area contributed by atoms with E-state index in [1.807, 2.05) is 0 Å². The Kier molecular flexibility index (Phi) is 4.80. The van der Waals surface area contributed by atoms with Crippen LogP contribution in [0, 0.1) is 4.77 Å². The molecule has 0 aliphatic rings. The molecule has 2 N–H and O–H groups in total. The molecule has 0 bridgehead atoms. The molecule has 0 atom stereocenters. The van der Waals surface area contributed by atoms with Crippen LogP contribution in [0.15, 0.2) is 53.3 Å². The van der Waals surface area contributed by atoms with Crippen LogP contribution in [0.4, 0.5) is 0 Å². The van der Waals surface area contributed by atoms with Gasteiger partial charge in [-0.15, -0.1) is 0 Å². The number of benzene rings is 2. The fourth-order valence-electron chi connectivity index (χ4n) is 2.30. The maximum absolute atomic E-state index is 12.5. The topological polar surface area (TPSA) is 85.3 Å². The Labute approximate surface area is 147 Å². The highest BCUT2D eigenvalue weighted by Gasteiger charge is 2.10. The molecule has 1 heterocycles. The number of methoxy groups -OCH3 is 1. The summed E-state index contributed by atoms with van der Waals surface area (Å²) in [6.07, 6.45) is 0. The van der Waals surface area contributed by atoms with E-state index in [2.05, 4.69) is 10.4 Å². The first kappa shape index (κ1) is 16.7. The third-order valence-corrected chi connectivity index (χ3v) is 3.75. The van der Waals surface area contributed by atoms with Gasteiger partial charge in [0.1, 0.15) is 0 Å². The Morgan fingerprint density at radius 2 is 1.84 bits per heavy atom. The van der Waals surface area contributed by atoms with Gasteiger partial charge in [0.05, 0.1) is 18.0 Å². The Balaban J connectivity index is 1.78. The molecule has 0 radical (unpaired) electrons. The van der Waals surface area contributed by atoms with Crippen LogP contribution >= 0.6 is 12.2 Å². The fraction of sp³-hybridized carbons (Fsp3) is 0.118. The summed E-state index contributed by atoms with van der Waals surface area (Å²) in [7, 11) is 1.51. The highest BCUT2D eigenvalue weighted by atomic mass is 32.1. The number of amides is 1. The molecular formula is C17H15N3O4S. The number of carbonyl (C=O) groups excluding carboxylic acids is 1. The molecule has 25 heavy (non-hydrogen) atoms. The zero-order valence-corrected chi connectivity index (χ0v) is 14.1. The molecule has 0 unspecified atom stereocenters. The van der Waals surface area contributed by atoms with Crippen molar-refractivity contribution in [3.63, 3.8) is 0 Å². The van der Waals surface area contributed by atoms with Gasteiger partial charge in [-0.1, -0.05) is 24.3 Å². The first-order chi connectivity index (χ1) is 12.1. The van der Waals surface area contributed by atoms with Crippen LogP contribution in [0.5, 0.6) is 11.5 Å². The normalized spacial score (nSPS) is 10.4. The van der Waals surface area contributed by atoms with Crippen molar-refractivity contribution >= 4 is 29.0 Å². The van der Waals surface area contributed by atoms with E-state index in [0.29, 0.717) is 22.4 Å². The van der Waals surface area contributed by atoms with E-state index in [0.717, 1.165) is 4.68 Å². The Morgan fingerprint density at radius 3 is 2.60 bits per heavy atom. The number of hydrogen-bond donors (Lipinski definition) is 2. The smallest absolute Gasteiger partial charge is 0.281 e. The molecule has 0 aliphatic heterocycles. The number of aromatic amines is 1. The predicted molar refractivity (Wildman–Crippen MR) is 96.2 cm³/mol. The van der Waals surface area contributed by atoms with Gasteiger partial charge in [0.2, 0.25) is 0 Å². The van der Waals surface area contributed by atoms with Gasteiger partial charge in [0, 0.05) is 0 Å². The maximum atomic E-state index is 12.5. The fourth-order valence-corrected chi connectivity index (χ4v) is 2.54. The lowest BCUT2D eigenvalue weighted by molar-refractivity contribution is -0.119. The first-order valence-corrected chi connectivity index (χ1v) is 7.80. The van der Waals surface area contributed by atoms with Crippen molar-refractivity contribution < 1.29 is 14.3 Å². The van der Waals surface area contributed by atoms with Crippen LogP contribution in [0.1, 0.15) is 0 Å². The summed E-state index contributed by atoms with van der Waals surface area (Å²) in [6.45, 7) is -0.297. The average molecular weight is 357 g/mol. The monoisotopic (exact) mass is 357 g/mol. The minimum atomic E-state index is -0.525. The van der Waals surface area contributed by atoms with E-state index < -0.39 is 11.5 Å². The number of aromatic nitrogens is 2. The second-order valence-electron chi connectivity index (χ2n) is 5.09. The summed E-state index contributed by atoms with van der Waals surface area (Å²) in [5.74, 6) is 0.411. The second kappa shape index (κ2) is 7.18. The number of carbonyl (C=O) groups is 1. The number of nitrogens with one attached hydrogen (secondary N) is 2. The largest absolute Gasteiger partial charge is 0.493 e. The number of H-pyrrole nitrogens is 1. The molecule has 3 rings (SSSR count). The van der Waals surface area contributed by atoms with E-state index in [-0.39, 0.29) is 11.4 Å². The van der Waals surface area contributed by atoms with E-state index in [9.17, 15) is 9.59 Å². The Hall–Kier alpha value is -3.13. The summed E-state index contributed by atoms with van der Waals surface area (Å²) in [4.78, 5) is 27.5. The molecule has 0 aliphatic carbocycles. The Bertz CT molecular complexity index is 1040. The number of rotatable bonds is 5. The number of fused-ring (bicyclic) bond motifs is 1. The summed E-state index contributed by atoms with van der Waals surface area (Å²) >= 11 is 5.13. The van der Waals surface area contributed by atoms with Crippen molar-refractivity contribution in [2.24, 2.45) is 0 Å². The van der Waals surface area contributed by atoms with Gasteiger partial charge in [0.15, 0.2) is 22.9 Å². The van der Waals surface area contributed by atoms with Crippen LogP contribution in [0.2, 0.25) is 0 Å². The highest BCUT2D eigenvalue weighted by molar-refractivity contribution is 7.71. The van der Waals surface area contributed by atoms with Crippen molar-refractivity contribution in [2.75, 3.05) is 19.1 Å². The SMILES string of the molecule is COc1ccccc1OCC(=O)Nn1c(=S)[nH]c2ccccc2c1=O. The molecule has 0 saturated carbocycles. The molecule has 8 heteroatoms. The third kappa shape index (κ3) is 3.53. The molecular weight excluding hydrogens is 342 g/mol. The number of para-hydroxylation sites is 3. The standard InChI is InChI=1S/C17H15N3O4S/c1-23-13-8-4-5-9-14(13)24-10-15(21)19-20-16(22)11-6-2-3-7-12(11)18-17(20)25/h2-9H,10H2,1H3,(H,18,25)(H,19,21). The first-order valence-electron chi connectivity index (χ1n) is 7.40. The van der Waals surface area contributed by atoms with Crippen LogP contribution in [0.3, 0.4) is 0 Å². The second-order valence-corrected chi connectivity index (χ2v) is 5.48. The molecule has 2 aromatic carbocycles. The van der Waals surface area contributed by atoms with E-state index >= 15 is 0 Å². The number of hydrogen-bond acceptors (Lipinski definition) is 5. The van der Waals surface area contributed by atoms with Crippen LogP contribution < -0.4 is 20.5 Å². The molecule has 0 spiro atoms. The van der Waals surface area contributed by atoms with Crippen molar-refractivity contribution in [2.45, 2.75) is 0 Å². The lowest BCUT2D eigenvalue weighted by Gasteiger charge is -2.12. The van der Waals surface area contributed by atoms with Gasteiger partial charge in [-0.25, -0.2) is 0 Å². The van der Waals surface area contributed by atoms with Crippen molar-refractivity contribution in [1.82, 2.24) is 9.66 Å². The molecule has 0 saturated heterocycles. The predicted octanol–water partition coefficient (Wildman–Crippen LogP) is 2.22. The average Bonchev–Trinajstić information content (AvgIpc) is 2.63. The molecule has 1 aromatic heterocycles. The van der Waals surface area contributed by atoms with Gasteiger partial charge in [-0.05, 0) is 36.5 Å². The molecule has 0 fully saturated rings. The molecule has 1 amide bonds. The van der Waals surface area contributed by atoms with Crippen molar-refractivity contribution in [3.8, 4) is 11.5 Å². The van der Waals surface area contributed by atoms with Gasteiger partial charge < -0.3 is 14.5 Å². The van der Waals surface area contributed by atoms with Gasteiger partial charge >= 0.3 is 0 Å². The molecule has 7 nitrogen and oxygen atoms in total. The minimum Gasteiger partial charge on any atom is -0.493 e. The van der Waals surface area contributed by atoms with Crippen LogP contribution in [-0.2, 0) is 4.79 Å². The van der Waals surface area contributed by atoms with Crippen LogP contribution in [-0.4, -0.2) is 29.3 Å². The quantitative estimate of drug-likeness (QED) is 0.684. The summed E-state index contributed by atoms with van der Waals surface area (Å²) < 4.78 is 11.7. The van der Waals surface area contributed by atoms with E-state index in [1.165, 1.54) is 7.11 Å². The lowest BCUT2D eigenvalue weighted by atomic mass is 10.2. The molecule has 128 valence electrons. The lowest BCUT2D eigenvalue weighted by Crippen LogP contribution is -2.36. The van der Waals surface area contributed by atoms with Gasteiger partial charge in [-0.2, -0.15) is 4.68 Å². The van der Waals surface area contributed by atoms with Gasteiger partial charge in [-0.3, -0.25) is 15.0 Å². The zero-order valence-electron chi connectivity index (χ0n) is 13.3. The van der Waals surface area contributed by atoms with Crippen molar-refractivity contribution in [1.29, 1.82) is 0 Å². The highest BCUT2D eigenvalue weighted by Crippen LogP contribution is 2.25. The van der Waals surface area contributed by atoms with Crippen molar-refractivity contribution in [3.05, 3.63) is 63.7 Å².